The van der Waals surface area contributed by atoms with Crippen LogP contribution in [0.15, 0.2) is 76.7 Å². The third-order valence-electron chi connectivity index (χ3n) is 6.33. The minimum absolute atomic E-state index is 0.302. The van der Waals surface area contributed by atoms with Crippen LogP contribution in [0.2, 0.25) is 0 Å². The van der Waals surface area contributed by atoms with Gasteiger partial charge in [0, 0.05) is 46.0 Å². The summed E-state index contributed by atoms with van der Waals surface area (Å²) in [7, 11) is 0. The third kappa shape index (κ3) is 6.53. The number of rotatable bonds is 6. The van der Waals surface area contributed by atoms with Crippen molar-refractivity contribution in [1.82, 2.24) is 10.6 Å². The highest BCUT2D eigenvalue weighted by Gasteiger charge is 2.16. The molecule has 4 amide bonds. The van der Waals surface area contributed by atoms with E-state index in [-0.39, 0.29) is 12.1 Å². The van der Waals surface area contributed by atoms with Crippen LogP contribution in [0, 0.1) is 6.92 Å². The van der Waals surface area contributed by atoms with Crippen LogP contribution in [0.1, 0.15) is 30.5 Å². The topological polar surface area (TPSA) is 131 Å². The summed E-state index contributed by atoms with van der Waals surface area (Å²) < 4.78 is 0. The van der Waals surface area contributed by atoms with E-state index in [1.807, 2.05) is 55.5 Å². The van der Waals surface area contributed by atoms with Crippen molar-refractivity contribution >= 4 is 46.5 Å². The normalized spacial score (nSPS) is 17.8. The van der Waals surface area contributed by atoms with E-state index in [1.165, 1.54) is 0 Å². The highest BCUT2D eigenvalue weighted by atomic mass is 16.2. The molecule has 2 aliphatic rings. The van der Waals surface area contributed by atoms with E-state index in [1.54, 1.807) is 18.2 Å². The maximum atomic E-state index is 12.7. The van der Waals surface area contributed by atoms with Gasteiger partial charge in [0.25, 0.3) is 0 Å². The molecule has 0 radical (unpaired) electrons. The summed E-state index contributed by atoms with van der Waals surface area (Å²) in [5, 5.41) is 18.1. The van der Waals surface area contributed by atoms with Gasteiger partial charge >= 0.3 is 12.1 Å². The smallest absolute Gasteiger partial charge is 0.323 e. The molecule has 0 aliphatic carbocycles. The van der Waals surface area contributed by atoms with Crippen molar-refractivity contribution in [3.8, 4) is 0 Å². The lowest BCUT2D eigenvalue weighted by atomic mass is 10.1. The van der Waals surface area contributed by atoms with Gasteiger partial charge in [0.15, 0.2) is 0 Å². The monoisotopic (exact) mass is 524 g/mol. The second kappa shape index (κ2) is 11.3. The van der Waals surface area contributed by atoms with Gasteiger partial charge in [-0.1, -0.05) is 24.3 Å². The van der Waals surface area contributed by atoms with Crippen molar-refractivity contribution < 1.29 is 9.59 Å². The summed E-state index contributed by atoms with van der Waals surface area (Å²) in [5.41, 5.74) is 5.22. The molecule has 5 rings (SSSR count). The van der Waals surface area contributed by atoms with E-state index < -0.39 is 0 Å². The first kappa shape index (κ1) is 25.8. The number of nitrogens with zero attached hydrogens (tertiary/aromatic N) is 2. The van der Waals surface area contributed by atoms with Crippen LogP contribution in [0.5, 0.6) is 0 Å². The number of benzene rings is 3. The van der Waals surface area contributed by atoms with Crippen LogP contribution in [-0.4, -0.2) is 48.9 Å². The molecule has 10 nitrogen and oxygen atoms in total. The first-order valence-corrected chi connectivity index (χ1v) is 12.9. The first-order valence-electron chi connectivity index (χ1n) is 12.9. The number of urea groups is 2. The van der Waals surface area contributed by atoms with Crippen molar-refractivity contribution in [3.05, 3.63) is 83.4 Å². The summed E-state index contributed by atoms with van der Waals surface area (Å²) in [4.78, 5) is 34.3. The molecule has 0 bridgehead atoms. The summed E-state index contributed by atoms with van der Waals surface area (Å²) in [6, 6.07) is 20.3. The van der Waals surface area contributed by atoms with E-state index >= 15 is 0 Å². The van der Waals surface area contributed by atoms with Crippen molar-refractivity contribution in [1.29, 1.82) is 0 Å². The minimum Gasteiger partial charge on any atom is -0.366 e. The maximum Gasteiger partial charge on any atom is 0.323 e. The lowest BCUT2D eigenvalue weighted by Gasteiger charge is -2.13. The van der Waals surface area contributed by atoms with Crippen molar-refractivity contribution in [2.75, 3.05) is 34.4 Å². The molecule has 0 aromatic heterocycles. The number of amides is 4. The van der Waals surface area contributed by atoms with E-state index in [2.05, 4.69) is 55.7 Å². The molecule has 6 N–H and O–H groups in total. The zero-order valence-electron chi connectivity index (χ0n) is 22.1. The molecule has 200 valence electrons. The number of aliphatic imine (C=N–C) groups is 2. The van der Waals surface area contributed by atoms with Crippen LogP contribution in [0.25, 0.3) is 0 Å². The van der Waals surface area contributed by atoms with Crippen LogP contribution in [0.4, 0.5) is 32.3 Å². The van der Waals surface area contributed by atoms with Crippen molar-refractivity contribution in [2.24, 2.45) is 9.98 Å². The van der Waals surface area contributed by atoms with E-state index in [0.717, 1.165) is 41.5 Å². The van der Waals surface area contributed by atoms with Gasteiger partial charge in [0.2, 0.25) is 0 Å². The van der Waals surface area contributed by atoms with E-state index in [9.17, 15) is 9.59 Å². The van der Waals surface area contributed by atoms with E-state index in [4.69, 9.17) is 0 Å². The van der Waals surface area contributed by atoms with Crippen LogP contribution >= 0.6 is 0 Å². The maximum absolute atomic E-state index is 12.7. The quantitative estimate of drug-likeness (QED) is 0.278. The van der Waals surface area contributed by atoms with E-state index in [0.29, 0.717) is 34.8 Å². The number of amidine groups is 2. The van der Waals surface area contributed by atoms with Crippen LogP contribution in [-0.2, 0) is 0 Å². The van der Waals surface area contributed by atoms with Gasteiger partial charge < -0.3 is 31.9 Å². The minimum atomic E-state index is -0.365. The molecular formula is C29H32N8O2. The molecule has 10 heteroatoms. The van der Waals surface area contributed by atoms with Gasteiger partial charge in [-0.3, -0.25) is 9.98 Å². The average Bonchev–Trinajstić information content (AvgIpc) is 3.54. The van der Waals surface area contributed by atoms with Crippen LogP contribution in [0.3, 0.4) is 0 Å². The number of aryl methyl sites for hydroxylation is 1. The van der Waals surface area contributed by atoms with Crippen LogP contribution < -0.4 is 31.9 Å². The van der Waals surface area contributed by atoms with Crippen molar-refractivity contribution in [2.45, 2.75) is 32.9 Å². The molecule has 3 aromatic carbocycles. The predicted octanol–water partition coefficient (Wildman–Crippen LogP) is 4.76. The lowest BCUT2D eigenvalue weighted by Crippen LogP contribution is -2.27. The largest absolute Gasteiger partial charge is 0.366 e. The molecule has 2 unspecified atom stereocenters. The number of nitrogens with one attached hydrogen (secondary N) is 6. The molecule has 2 heterocycles. The highest BCUT2D eigenvalue weighted by Crippen LogP contribution is 2.21. The third-order valence-corrected chi connectivity index (χ3v) is 6.33. The van der Waals surface area contributed by atoms with Gasteiger partial charge in [-0.25, -0.2) is 9.59 Å². The SMILES string of the molecule is Cc1cc(NC(=O)Nc2cccc(C3=NCC(C)N3)c2)ccc1NC(=O)Nc1cccc(C2=NCC(C)N2)c1. The molecule has 3 aromatic rings. The Bertz CT molecular complexity index is 1470. The summed E-state index contributed by atoms with van der Waals surface area (Å²) in [6.45, 7) is 7.49. The number of hydrogen-bond donors (Lipinski definition) is 6. The summed E-state index contributed by atoms with van der Waals surface area (Å²) in [6.07, 6.45) is 0. The molecule has 39 heavy (non-hydrogen) atoms. The van der Waals surface area contributed by atoms with Gasteiger partial charge in [0.1, 0.15) is 11.7 Å². The molecule has 0 saturated heterocycles. The second-order valence-corrected chi connectivity index (χ2v) is 9.82. The fourth-order valence-corrected chi connectivity index (χ4v) is 4.40. The predicted molar refractivity (Wildman–Crippen MR) is 157 cm³/mol. The highest BCUT2D eigenvalue weighted by molar-refractivity contribution is 6.05. The molecule has 0 spiro atoms. The Morgan fingerprint density at radius 2 is 1.18 bits per heavy atom. The fraction of sp³-hybridized carbons (Fsp3) is 0.241. The Morgan fingerprint density at radius 3 is 1.64 bits per heavy atom. The molecule has 0 saturated carbocycles. The fourth-order valence-electron chi connectivity index (χ4n) is 4.40. The Kier molecular flexibility index (Phi) is 7.44. The number of carbonyl (C=O) groups is 2. The number of hydrogen-bond acceptors (Lipinski definition) is 6. The Morgan fingerprint density at radius 1 is 0.692 bits per heavy atom. The first-order chi connectivity index (χ1) is 18.8. The van der Waals surface area contributed by atoms with Crippen molar-refractivity contribution in [3.63, 3.8) is 0 Å². The standard InChI is InChI=1S/C29H32N8O2/c1-17-12-24(36-28(38)34-22-8-4-6-20(13-22)26-30-15-18(2)32-26)10-11-25(17)37-29(39)35-23-9-5-7-21(14-23)27-31-16-19(3)33-27/h4-14,18-19H,15-16H2,1-3H3,(H,30,32)(H,31,33)(H2,34,36,38)(H2,35,37,39). The Labute approximate surface area is 227 Å². The zero-order valence-corrected chi connectivity index (χ0v) is 22.1. The average molecular weight is 525 g/mol. The number of anilines is 4. The lowest BCUT2D eigenvalue weighted by molar-refractivity contribution is 0.261. The summed E-state index contributed by atoms with van der Waals surface area (Å²) in [5.74, 6) is 1.66. The zero-order chi connectivity index (χ0) is 27.4. The number of carbonyl (C=O) groups excluding carboxylic acids is 2. The van der Waals surface area contributed by atoms with Gasteiger partial charge in [-0.15, -0.1) is 0 Å². The Hall–Kier alpha value is -4.86. The van der Waals surface area contributed by atoms with Gasteiger partial charge in [-0.2, -0.15) is 0 Å². The molecular weight excluding hydrogens is 492 g/mol. The molecule has 2 atom stereocenters. The van der Waals surface area contributed by atoms with Gasteiger partial charge in [0.05, 0.1) is 13.1 Å². The molecule has 0 fully saturated rings. The van der Waals surface area contributed by atoms with Gasteiger partial charge in [-0.05, 0) is 68.8 Å². The Balaban J connectivity index is 1.16. The summed E-state index contributed by atoms with van der Waals surface area (Å²) >= 11 is 0. The molecule has 2 aliphatic heterocycles. The second-order valence-electron chi connectivity index (χ2n) is 9.82.